The number of nitrogen functional groups attached to an aromatic ring is 1. The lowest BCUT2D eigenvalue weighted by atomic mass is 10.2. The van der Waals surface area contributed by atoms with E-state index >= 15 is 0 Å². The maximum Gasteiger partial charge on any atom is 0.407 e. The molecule has 108 valence electrons. The minimum absolute atomic E-state index is 0.427. The Morgan fingerprint density at radius 2 is 2.05 bits per heavy atom. The zero-order valence-electron chi connectivity index (χ0n) is 12.1. The molecule has 1 amide bonds. The van der Waals surface area contributed by atoms with Gasteiger partial charge in [-0.1, -0.05) is 24.0 Å². The minimum atomic E-state index is -0.485. The van der Waals surface area contributed by atoms with Gasteiger partial charge in [-0.3, -0.25) is 5.84 Å². The Morgan fingerprint density at radius 3 is 2.70 bits per heavy atom. The number of carbonyl (C=O) groups excluding carboxylic acids is 1. The van der Waals surface area contributed by atoms with Gasteiger partial charge in [0.1, 0.15) is 5.60 Å². The molecule has 5 heteroatoms. The number of hydrazine groups is 1. The van der Waals surface area contributed by atoms with Crippen molar-refractivity contribution in [3.8, 4) is 11.8 Å². The highest BCUT2D eigenvalue weighted by molar-refractivity contribution is 5.67. The first-order valence-corrected chi connectivity index (χ1v) is 6.44. The van der Waals surface area contributed by atoms with Gasteiger partial charge >= 0.3 is 6.09 Å². The molecule has 0 fully saturated rings. The van der Waals surface area contributed by atoms with Gasteiger partial charge in [-0.2, -0.15) is 0 Å². The van der Waals surface area contributed by atoms with Crippen LogP contribution in [0.15, 0.2) is 24.3 Å². The summed E-state index contributed by atoms with van der Waals surface area (Å²) in [5, 5.41) is 2.65. The lowest BCUT2D eigenvalue weighted by Gasteiger charge is -2.19. The molecule has 20 heavy (non-hydrogen) atoms. The number of nitrogens with one attached hydrogen (secondary N) is 2. The van der Waals surface area contributed by atoms with Gasteiger partial charge in [0.15, 0.2) is 0 Å². The normalized spacial score (nSPS) is 10.2. The van der Waals surface area contributed by atoms with Crippen molar-refractivity contribution in [3.05, 3.63) is 29.8 Å². The van der Waals surface area contributed by atoms with Crippen LogP contribution in [-0.4, -0.2) is 18.2 Å². The second kappa shape index (κ2) is 7.41. The number of rotatable bonds is 3. The number of nitrogens with two attached hydrogens (primary N) is 1. The third-order valence-electron chi connectivity index (χ3n) is 2.22. The molecular weight excluding hydrogens is 254 g/mol. The molecule has 1 rings (SSSR count). The topological polar surface area (TPSA) is 76.4 Å². The van der Waals surface area contributed by atoms with Crippen molar-refractivity contribution in [2.75, 3.05) is 12.0 Å². The quantitative estimate of drug-likeness (QED) is 0.342. The molecule has 0 saturated heterocycles. The largest absolute Gasteiger partial charge is 0.444 e. The summed E-state index contributed by atoms with van der Waals surface area (Å²) in [5.41, 5.74) is 3.71. The Morgan fingerprint density at radius 1 is 1.35 bits per heavy atom. The van der Waals surface area contributed by atoms with Crippen molar-refractivity contribution in [2.24, 2.45) is 5.84 Å². The van der Waals surface area contributed by atoms with E-state index in [2.05, 4.69) is 22.6 Å². The molecule has 0 spiro atoms. The van der Waals surface area contributed by atoms with Crippen LogP contribution in [0, 0.1) is 11.8 Å². The fourth-order valence-electron chi connectivity index (χ4n) is 1.42. The fraction of sp³-hybridized carbons (Fsp3) is 0.400. The van der Waals surface area contributed by atoms with E-state index in [1.807, 2.05) is 45.0 Å². The van der Waals surface area contributed by atoms with Crippen LogP contribution in [-0.2, 0) is 4.74 Å². The van der Waals surface area contributed by atoms with Gasteiger partial charge in [-0.15, -0.1) is 0 Å². The number of hydrogen-bond acceptors (Lipinski definition) is 4. The molecule has 0 aromatic heterocycles. The van der Waals surface area contributed by atoms with Crippen molar-refractivity contribution in [3.63, 3.8) is 0 Å². The van der Waals surface area contributed by atoms with Crippen molar-refractivity contribution in [1.29, 1.82) is 0 Å². The van der Waals surface area contributed by atoms with E-state index in [1.165, 1.54) is 0 Å². The molecule has 0 radical (unpaired) electrons. The van der Waals surface area contributed by atoms with Crippen molar-refractivity contribution in [2.45, 2.75) is 32.8 Å². The average Bonchev–Trinajstić information content (AvgIpc) is 2.36. The highest BCUT2D eigenvalue weighted by atomic mass is 16.6. The van der Waals surface area contributed by atoms with E-state index in [0.29, 0.717) is 13.0 Å². The number of carbonyl (C=O) groups is 1. The van der Waals surface area contributed by atoms with Crippen molar-refractivity contribution < 1.29 is 9.53 Å². The van der Waals surface area contributed by atoms with Crippen molar-refractivity contribution in [1.82, 2.24) is 5.32 Å². The number of alkyl carbamates (subject to hydrolysis) is 1. The van der Waals surface area contributed by atoms with Gasteiger partial charge < -0.3 is 15.5 Å². The number of anilines is 1. The Hall–Kier alpha value is -2.19. The summed E-state index contributed by atoms with van der Waals surface area (Å²) in [6.07, 6.45) is 0.112. The first-order valence-electron chi connectivity index (χ1n) is 6.44. The van der Waals surface area contributed by atoms with Gasteiger partial charge in [-0.05, 0) is 32.9 Å². The minimum Gasteiger partial charge on any atom is -0.444 e. The zero-order valence-corrected chi connectivity index (χ0v) is 12.1. The second-order valence-corrected chi connectivity index (χ2v) is 5.17. The van der Waals surface area contributed by atoms with Gasteiger partial charge in [0.25, 0.3) is 0 Å². The number of hydrogen-bond donors (Lipinski definition) is 3. The van der Waals surface area contributed by atoms with E-state index in [-0.39, 0.29) is 0 Å². The molecule has 1 aromatic carbocycles. The monoisotopic (exact) mass is 275 g/mol. The Bertz CT molecular complexity index is 510. The third-order valence-corrected chi connectivity index (χ3v) is 2.22. The third kappa shape index (κ3) is 6.12. The molecule has 5 nitrogen and oxygen atoms in total. The molecule has 0 bridgehead atoms. The molecule has 0 heterocycles. The van der Waals surface area contributed by atoms with Gasteiger partial charge in [0.05, 0.1) is 5.69 Å². The van der Waals surface area contributed by atoms with Crippen molar-refractivity contribution >= 4 is 11.8 Å². The maximum absolute atomic E-state index is 11.4. The Balaban J connectivity index is 2.39. The first kappa shape index (κ1) is 15.9. The molecule has 0 aliphatic rings. The molecule has 1 aromatic rings. The van der Waals surface area contributed by atoms with E-state index in [1.54, 1.807) is 0 Å². The molecular formula is C15H21N3O2. The fourth-order valence-corrected chi connectivity index (χ4v) is 1.42. The summed E-state index contributed by atoms with van der Waals surface area (Å²) >= 11 is 0. The molecule has 0 aliphatic heterocycles. The summed E-state index contributed by atoms with van der Waals surface area (Å²) < 4.78 is 5.11. The van der Waals surface area contributed by atoms with E-state index in [0.717, 1.165) is 11.3 Å². The summed E-state index contributed by atoms with van der Waals surface area (Å²) in [4.78, 5) is 11.4. The zero-order chi connectivity index (χ0) is 15.0. The lowest BCUT2D eigenvalue weighted by molar-refractivity contribution is 0.0529. The van der Waals surface area contributed by atoms with Crippen LogP contribution >= 0.6 is 0 Å². The van der Waals surface area contributed by atoms with Crippen LogP contribution in [0.3, 0.4) is 0 Å². The van der Waals surface area contributed by atoms with E-state index in [4.69, 9.17) is 10.6 Å². The highest BCUT2D eigenvalue weighted by Crippen LogP contribution is 2.11. The Labute approximate surface area is 119 Å². The summed E-state index contributed by atoms with van der Waals surface area (Å²) in [5.74, 6) is 11.4. The van der Waals surface area contributed by atoms with Crippen LogP contribution in [0.5, 0.6) is 0 Å². The first-order chi connectivity index (χ1) is 9.42. The number of para-hydroxylation sites is 1. The summed E-state index contributed by atoms with van der Waals surface area (Å²) in [6.45, 7) is 5.91. The van der Waals surface area contributed by atoms with Crippen LogP contribution in [0.2, 0.25) is 0 Å². The smallest absolute Gasteiger partial charge is 0.407 e. The number of benzene rings is 1. The molecule has 0 unspecified atom stereocenters. The number of ether oxygens (including phenoxy) is 1. The average molecular weight is 275 g/mol. The highest BCUT2D eigenvalue weighted by Gasteiger charge is 2.15. The molecule has 0 atom stereocenters. The summed E-state index contributed by atoms with van der Waals surface area (Å²) in [6, 6.07) is 7.50. The second-order valence-electron chi connectivity index (χ2n) is 5.17. The van der Waals surface area contributed by atoms with Crippen LogP contribution in [0.25, 0.3) is 0 Å². The number of amides is 1. The standard InChI is InChI=1S/C15H21N3O2/c1-15(2,3)20-14(19)17-11-7-6-9-12-8-4-5-10-13(12)18-16/h4-5,8,10,18H,7,11,16H2,1-3H3,(H,17,19). The maximum atomic E-state index is 11.4. The summed E-state index contributed by atoms with van der Waals surface area (Å²) in [7, 11) is 0. The van der Waals surface area contributed by atoms with Crippen LogP contribution in [0.1, 0.15) is 32.8 Å². The molecule has 4 N–H and O–H groups in total. The SMILES string of the molecule is CC(C)(C)OC(=O)NCCC#Cc1ccccc1NN. The van der Waals surface area contributed by atoms with E-state index < -0.39 is 11.7 Å². The van der Waals surface area contributed by atoms with Gasteiger partial charge in [0.2, 0.25) is 0 Å². The van der Waals surface area contributed by atoms with Crippen LogP contribution in [0.4, 0.5) is 10.5 Å². The predicted molar refractivity (Wildman–Crippen MR) is 80.0 cm³/mol. The van der Waals surface area contributed by atoms with Gasteiger partial charge in [-0.25, -0.2) is 4.79 Å². The van der Waals surface area contributed by atoms with Gasteiger partial charge in [0, 0.05) is 18.5 Å². The predicted octanol–water partition coefficient (Wildman–Crippen LogP) is 2.24. The lowest BCUT2D eigenvalue weighted by Crippen LogP contribution is -2.32. The molecule has 0 aliphatic carbocycles. The molecule has 0 saturated carbocycles. The van der Waals surface area contributed by atoms with Crippen LogP contribution < -0.4 is 16.6 Å². The van der Waals surface area contributed by atoms with E-state index in [9.17, 15) is 4.79 Å². The Kier molecular flexibility index (Phi) is 5.88.